The molecule has 0 aromatic heterocycles. The highest BCUT2D eigenvalue weighted by Gasteiger charge is 2.51. The van der Waals surface area contributed by atoms with Crippen LogP contribution >= 0.6 is 0 Å². The van der Waals surface area contributed by atoms with Gasteiger partial charge in [-0.1, -0.05) is 60.7 Å². The largest absolute Gasteiger partial charge is 0.449 e. The summed E-state index contributed by atoms with van der Waals surface area (Å²) in [5.74, 6) is -2.47. The van der Waals surface area contributed by atoms with Crippen LogP contribution in [0.2, 0.25) is 0 Å². The average Bonchev–Trinajstić information content (AvgIpc) is 3.31. The van der Waals surface area contributed by atoms with E-state index < -0.39 is 23.7 Å². The van der Waals surface area contributed by atoms with Crippen LogP contribution in [0.4, 0.5) is 4.79 Å². The van der Waals surface area contributed by atoms with Crippen molar-refractivity contribution in [1.82, 2.24) is 4.90 Å². The minimum atomic E-state index is -1.35. The Morgan fingerprint density at radius 2 is 1.48 bits per heavy atom. The third kappa shape index (κ3) is 2.70. The van der Waals surface area contributed by atoms with Crippen molar-refractivity contribution in [2.75, 3.05) is 6.61 Å². The molecule has 0 saturated carbocycles. The molecule has 0 N–H and O–H groups in total. The number of nitrogens with zero attached hydrogens (tertiary/aromatic N) is 1. The summed E-state index contributed by atoms with van der Waals surface area (Å²) in [6, 6.07) is 21.7. The molecule has 0 unspecified atom stereocenters. The third-order valence-electron chi connectivity index (χ3n) is 5.23. The fourth-order valence-corrected chi connectivity index (χ4v) is 3.85. The summed E-state index contributed by atoms with van der Waals surface area (Å²) in [6.07, 6.45) is -1.02. The van der Waals surface area contributed by atoms with Crippen molar-refractivity contribution >= 4 is 17.9 Å². The van der Waals surface area contributed by atoms with Crippen LogP contribution in [0.5, 0.6) is 11.5 Å². The van der Waals surface area contributed by atoms with Crippen molar-refractivity contribution in [3.8, 4) is 11.5 Å². The molecule has 0 fully saturated rings. The standard InChI is InChI=1S/C24H17NO6/c1-2-29-23(28)25-21(26)17-13-14-18-20(19(17)22(25)27)31-24(30-18,15-9-5-3-6-10-15)16-11-7-4-8-12-16/h3-14H,2H2,1H3. The van der Waals surface area contributed by atoms with E-state index in [4.69, 9.17) is 14.2 Å². The van der Waals surface area contributed by atoms with Gasteiger partial charge in [-0.3, -0.25) is 9.59 Å². The molecule has 7 nitrogen and oxygen atoms in total. The highest BCUT2D eigenvalue weighted by atomic mass is 16.7. The molecule has 0 bridgehead atoms. The van der Waals surface area contributed by atoms with Gasteiger partial charge in [-0.05, 0) is 19.1 Å². The highest BCUT2D eigenvalue weighted by molar-refractivity contribution is 6.29. The number of benzene rings is 3. The van der Waals surface area contributed by atoms with Gasteiger partial charge in [-0.2, -0.15) is 4.90 Å². The van der Waals surface area contributed by atoms with Crippen molar-refractivity contribution < 1.29 is 28.6 Å². The predicted octanol–water partition coefficient (Wildman–Crippen LogP) is 4.11. The first kappa shape index (κ1) is 18.9. The minimum absolute atomic E-state index is 0.00992. The van der Waals surface area contributed by atoms with Gasteiger partial charge in [-0.15, -0.1) is 0 Å². The molecule has 154 valence electrons. The van der Waals surface area contributed by atoms with Gasteiger partial charge in [0.2, 0.25) is 0 Å². The van der Waals surface area contributed by atoms with Crippen LogP contribution in [0.3, 0.4) is 0 Å². The summed E-state index contributed by atoms with van der Waals surface area (Å²) >= 11 is 0. The van der Waals surface area contributed by atoms with Crippen molar-refractivity contribution in [3.05, 3.63) is 95.1 Å². The molecule has 0 atom stereocenters. The van der Waals surface area contributed by atoms with Crippen LogP contribution in [0, 0.1) is 0 Å². The Kier molecular flexibility index (Phi) is 4.25. The summed E-state index contributed by atoms with van der Waals surface area (Å²) in [7, 11) is 0. The van der Waals surface area contributed by atoms with Gasteiger partial charge >= 0.3 is 11.9 Å². The van der Waals surface area contributed by atoms with E-state index in [-0.39, 0.29) is 23.5 Å². The molecule has 3 amide bonds. The molecule has 0 radical (unpaired) electrons. The van der Waals surface area contributed by atoms with Crippen LogP contribution in [0.15, 0.2) is 72.8 Å². The SMILES string of the molecule is CCOC(=O)N1C(=O)c2ccc3c(c2C1=O)OC(c1ccccc1)(c1ccccc1)O3. The molecule has 2 aliphatic heterocycles. The monoisotopic (exact) mass is 415 g/mol. The van der Waals surface area contributed by atoms with Gasteiger partial charge in [0.05, 0.1) is 17.7 Å². The van der Waals surface area contributed by atoms with E-state index in [9.17, 15) is 14.4 Å². The number of fused-ring (bicyclic) bond motifs is 3. The maximum absolute atomic E-state index is 13.0. The summed E-state index contributed by atoms with van der Waals surface area (Å²) in [4.78, 5) is 38.5. The Bertz CT molecular complexity index is 1170. The first-order valence-electron chi connectivity index (χ1n) is 9.78. The first-order chi connectivity index (χ1) is 15.1. The summed E-state index contributed by atoms with van der Waals surface area (Å²) in [5, 5.41) is 0. The maximum Gasteiger partial charge on any atom is 0.424 e. The summed E-state index contributed by atoms with van der Waals surface area (Å²) in [5.41, 5.74) is 1.48. The Morgan fingerprint density at radius 1 is 0.871 bits per heavy atom. The Hall–Kier alpha value is -4.13. The van der Waals surface area contributed by atoms with Gasteiger partial charge in [0.15, 0.2) is 11.5 Å². The van der Waals surface area contributed by atoms with Gasteiger partial charge in [0, 0.05) is 11.1 Å². The lowest BCUT2D eigenvalue weighted by atomic mass is 9.97. The van der Waals surface area contributed by atoms with Gasteiger partial charge in [0.25, 0.3) is 11.8 Å². The first-order valence-corrected chi connectivity index (χ1v) is 9.78. The average molecular weight is 415 g/mol. The van der Waals surface area contributed by atoms with Crippen LogP contribution in [0.1, 0.15) is 38.8 Å². The molecular weight excluding hydrogens is 398 g/mol. The van der Waals surface area contributed by atoms with Crippen LogP contribution in [-0.4, -0.2) is 29.4 Å². The van der Waals surface area contributed by atoms with Crippen LogP contribution in [0.25, 0.3) is 0 Å². The van der Waals surface area contributed by atoms with Crippen molar-refractivity contribution in [1.29, 1.82) is 0 Å². The second-order valence-electron chi connectivity index (χ2n) is 7.01. The number of hydrogen-bond donors (Lipinski definition) is 0. The fraction of sp³-hybridized carbons (Fsp3) is 0.125. The summed E-state index contributed by atoms with van der Waals surface area (Å²) < 4.78 is 17.5. The number of hydrogen-bond acceptors (Lipinski definition) is 6. The maximum atomic E-state index is 13.0. The number of ether oxygens (including phenoxy) is 3. The number of carbonyl (C=O) groups is 3. The van der Waals surface area contributed by atoms with E-state index in [0.717, 1.165) is 0 Å². The van der Waals surface area contributed by atoms with E-state index >= 15 is 0 Å². The number of imide groups is 3. The quantitative estimate of drug-likeness (QED) is 0.599. The number of carbonyl (C=O) groups excluding carboxylic acids is 3. The van der Waals surface area contributed by atoms with E-state index in [0.29, 0.717) is 21.8 Å². The molecule has 2 aliphatic rings. The Balaban J connectivity index is 1.65. The zero-order valence-corrected chi connectivity index (χ0v) is 16.5. The molecule has 2 heterocycles. The zero-order chi connectivity index (χ0) is 21.6. The molecule has 31 heavy (non-hydrogen) atoms. The lowest BCUT2D eigenvalue weighted by Crippen LogP contribution is -2.37. The van der Waals surface area contributed by atoms with Crippen molar-refractivity contribution in [2.24, 2.45) is 0 Å². The Morgan fingerprint density at radius 3 is 2.06 bits per heavy atom. The van der Waals surface area contributed by atoms with Gasteiger partial charge < -0.3 is 14.2 Å². The Labute approximate surface area is 177 Å². The molecule has 5 rings (SSSR count). The molecule has 3 aromatic carbocycles. The zero-order valence-electron chi connectivity index (χ0n) is 16.5. The van der Waals surface area contributed by atoms with E-state index in [1.807, 2.05) is 60.7 Å². The van der Waals surface area contributed by atoms with Crippen molar-refractivity contribution in [2.45, 2.75) is 12.7 Å². The molecule has 0 aliphatic carbocycles. The molecule has 0 spiro atoms. The fourth-order valence-electron chi connectivity index (χ4n) is 3.85. The van der Waals surface area contributed by atoms with E-state index in [1.54, 1.807) is 13.0 Å². The smallest absolute Gasteiger partial charge is 0.424 e. The van der Waals surface area contributed by atoms with E-state index in [2.05, 4.69) is 0 Å². The van der Waals surface area contributed by atoms with E-state index in [1.165, 1.54) is 6.07 Å². The third-order valence-corrected chi connectivity index (χ3v) is 5.23. The van der Waals surface area contributed by atoms with Crippen molar-refractivity contribution in [3.63, 3.8) is 0 Å². The summed E-state index contributed by atoms with van der Waals surface area (Å²) in [6.45, 7) is 1.63. The molecule has 7 heteroatoms. The molecule has 3 aromatic rings. The lowest BCUT2D eigenvalue weighted by Gasteiger charge is -2.28. The second-order valence-corrected chi connectivity index (χ2v) is 7.01. The molecular formula is C24H17NO6. The predicted molar refractivity (Wildman–Crippen MR) is 109 cm³/mol. The van der Waals surface area contributed by atoms with Gasteiger partial charge in [-0.25, -0.2) is 4.79 Å². The minimum Gasteiger partial charge on any atom is -0.449 e. The normalized spacial score (nSPS) is 15.7. The topological polar surface area (TPSA) is 82.1 Å². The lowest BCUT2D eigenvalue weighted by molar-refractivity contribution is -0.0461. The second kappa shape index (κ2) is 6.98. The number of rotatable bonds is 3. The van der Waals surface area contributed by atoms with Crippen LogP contribution < -0.4 is 9.47 Å². The van der Waals surface area contributed by atoms with Crippen LogP contribution in [-0.2, 0) is 10.5 Å². The highest BCUT2D eigenvalue weighted by Crippen LogP contribution is 2.51. The number of amides is 3. The molecule has 0 saturated heterocycles. The van der Waals surface area contributed by atoms with Gasteiger partial charge in [0.1, 0.15) is 0 Å².